The van der Waals surface area contributed by atoms with Gasteiger partial charge in [-0.1, -0.05) is 6.92 Å². The summed E-state index contributed by atoms with van der Waals surface area (Å²) >= 11 is 0. The predicted octanol–water partition coefficient (Wildman–Crippen LogP) is 1.99. The highest BCUT2D eigenvalue weighted by atomic mass is 16.5. The largest absolute Gasteiger partial charge is 0.481 e. The summed E-state index contributed by atoms with van der Waals surface area (Å²) in [5, 5.41) is 8.68. The standard InChI is InChI=1S/C13H25NO3/c1-2-9-17-10-8-14-7-3-4-12(11-14)5-6-13(15)16/h12H,2-11H2,1H3,(H,15,16). The smallest absolute Gasteiger partial charge is 0.303 e. The van der Waals surface area contributed by atoms with E-state index in [0.717, 1.165) is 45.7 Å². The minimum Gasteiger partial charge on any atom is -0.481 e. The van der Waals surface area contributed by atoms with Gasteiger partial charge in [0.1, 0.15) is 0 Å². The Labute approximate surface area is 104 Å². The molecule has 0 aromatic rings. The van der Waals surface area contributed by atoms with Crippen molar-refractivity contribution in [1.29, 1.82) is 0 Å². The maximum atomic E-state index is 10.5. The first-order chi connectivity index (χ1) is 8.22. The van der Waals surface area contributed by atoms with Gasteiger partial charge >= 0.3 is 5.97 Å². The number of aliphatic carboxylic acids is 1. The number of rotatable bonds is 8. The van der Waals surface area contributed by atoms with Crippen LogP contribution in [-0.4, -0.2) is 48.8 Å². The van der Waals surface area contributed by atoms with Crippen molar-refractivity contribution in [3.8, 4) is 0 Å². The molecule has 1 atom stereocenters. The summed E-state index contributed by atoms with van der Waals surface area (Å²) in [4.78, 5) is 12.9. The number of hydrogen-bond acceptors (Lipinski definition) is 3. The quantitative estimate of drug-likeness (QED) is 0.662. The summed E-state index contributed by atoms with van der Waals surface area (Å²) in [6, 6.07) is 0. The second kappa shape index (κ2) is 8.48. The van der Waals surface area contributed by atoms with Gasteiger partial charge in [-0.05, 0) is 38.1 Å². The second-order valence-corrected chi connectivity index (χ2v) is 4.85. The molecule has 1 aliphatic rings. The van der Waals surface area contributed by atoms with E-state index in [1.54, 1.807) is 0 Å². The minimum atomic E-state index is -0.673. The van der Waals surface area contributed by atoms with Gasteiger partial charge in [-0.2, -0.15) is 0 Å². The van der Waals surface area contributed by atoms with Crippen molar-refractivity contribution in [1.82, 2.24) is 4.90 Å². The molecule has 0 saturated carbocycles. The molecule has 0 bridgehead atoms. The van der Waals surface area contributed by atoms with Gasteiger partial charge in [-0.3, -0.25) is 4.79 Å². The van der Waals surface area contributed by atoms with Gasteiger partial charge in [-0.25, -0.2) is 0 Å². The monoisotopic (exact) mass is 243 g/mol. The molecule has 4 nitrogen and oxygen atoms in total. The van der Waals surface area contributed by atoms with Gasteiger partial charge in [-0.15, -0.1) is 0 Å². The summed E-state index contributed by atoms with van der Waals surface area (Å²) in [6.07, 6.45) is 4.57. The fourth-order valence-corrected chi connectivity index (χ4v) is 2.36. The van der Waals surface area contributed by atoms with Crippen molar-refractivity contribution >= 4 is 5.97 Å². The van der Waals surface area contributed by atoms with Crippen molar-refractivity contribution in [2.45, 2.75) is 39.0 Å². The van der Waals surface area contributed by atoms with E-state index in [4.69, 9.17) is 9.84 Å². The van der Waals surface area contributed by atoms with Crippen LogP contribution in [0.5, 0.6) is 0 Å². The van der Waals surface area contributed by atoms with E-state index in [1.165, 1.54) is 12.8 Å². The number of carboxylic acids is 1. The van der Waals surface area contributed by atoms with E-state index in [2.05, 4.69) is 11.8 Å². The molecular weight excluding hydrogens is 218 g/mol. The van der Waals surface area contributed by atoms with E-state index >= 15 is 0 Å². The molecule has 0 radical (unpaired) electrons. The average Bonchev–Trinajstić information content (AvgIpc) is 2.33. The number of piperidine rings is 1. The summed E-state index contributed by atoms with van der Waals surface area (Å²) < 4.78 is 5.48. The van der Waals surface area contributed by atoms with Crippen LogP contribution < -0.4 is 0 Å². The number of carboxylic acid groups (broad SMARTS) is 1. The highest BCUT2D eigenvalue weighted by Gasteiger charge is 2.19. The van der Waals surface area contributed by atoms with E-state index in [0.29, 0.717) is 12.3 Å². The van der Waals surface area contributed by atoms with Crippen LogP contribution >= 0.6 is 0 Å². The molecular formula is C13H25NO3. The molecule has 100 valence electrons. The van der Waals surface area contributed by atoms with Crippen LogP contribution in [-0.2, 0) is 9.53 Å². The lowest BCUT2D eigenvalue weighted by atomic mass is 9.93. The van der Waals surface area contributed by atoms with Crippen LogP contribution in [0, 0.1) is 5.92 Å². The topological polar surface area (TPSA) is 49.8 Å². The van der Waals surface area contributed by atoms with Gasteiger partial charge < -0.3 is 14.7 Å². The lowest BCUT2D eigenvalue weighted by molar-refractivity contribution is -0.137. The number of hydrogen-bond donors (Lipinski definition) is 1. The van der Waals surface area contributed by atoms with Gasteiger partial charge in [0.2, 0.25) is 0 Å². The Hall–Kier alpha value is -0.610. The zero-order chi connectivity index (χ0) is 12.5. The van der Waals surface area contributed by atoms with E-state index in [1.807, 2.05) is 0 Å². The SMILES string of the molecule is CCCOCCN1CCCC(CCC(=O)O)C1. The second-order valence-electron chi connectivity index (χ2n) is 4.85. The van der Waals surface area contributed by atoms with Crippen molar-refractivity contribution < 1.29 is 14.6 Å². The van der Waals surface area contributed by atoms with E-state index in [-0.39, 0.29) is 0 Å². The van der Waals surface area contributed by atoms with Crippen LogP contribution in [0.15, 0.2) is 0 Å². The van der Waals surface area contributed by atoms with Gasteiger partial charge in [0.25, 0.3) is 0 Å². The number of ether oxygens (including phenoxy) is 1. The van der Waals surface area contributed by atoms with Crippen LogP contribution in [0.1, 0.15) is 39.0 Å². The van der Waals surface area contributed by atoms with Crippen LogP contribution in [0.25, 0.3) is 0 Å². The Morgan fingerprint density at radius 1 is 1.47 bits per heavy atom. The summed E-state index contributed by atoms with van der Waals surface area (Å²) in [6.45, 7) is 6.93. The van der Waals surface area contributed by atoms with Crippen molar-refractivity contribution in [3.05, 3.63) is 0 Å². The maximum absolute atomic E-state index is 10.5. The van der Waals surface area contributed by atoms with Gasteiger partial charge in [0.15, 0.2) is 0 Å². The zero-order valence-corrected chi connectivity index (χ0v) is 10.9. The molecule has 1 saturated heterocycles. The molecule has 0 aliphatic carbocycles. The minimum absolute atomic E-state index is 0.310. The van der Waals surface area contributed by atoms with Crippen molar-refractivity contribution in [3.63, 3.8) is 0 Å². The molecule has 0 aromatic carbocycles. The third-order valence-corrected chi connectivity index (χ3v) is 3.27. The molecule has 1 rings (SSSR count). The molecule has 1 fully saturated rings. The highest BCUT2D eigenvalue weighted by molar-refractivity contribution is 5.66. The zero-order valence-electron chi connectivity index (χ0n) is 10.9. The lowest BCUT2D eigenvalue weighted by Crippen LogP contribution is -2.37. The van der Waals surface area contributed by atoms with Crippen LogP contribution in [0.3, 0.4) is 0 Å². The fourth-order valence-electron chi connectivity index (χ4n) is 2.36. The molecule has 0 aromatic heterocycles. The van der Waals surface area contributed by atoms with Crippen molar-refractivity contribution in [2.24, 2.45) is 5.92 Å². The van der Waals surface area contributed by atoms with Crippen LogP contribution in [0.4, 0.5) is 0 Å². The summed E-state index contributed by atoms with van der Waals surface area (Å²) in [5.41, 5.74) is 0. The summed E-state index contributed by atoms with van der Waals surface area (Å²) in [5.74, 6) is -0.112. The molecule has 1 N–H and O–H groups in total. The molecule has 4 heteroatoms. The van der Waals surface area contributed by atoms with Crippen molar-refractivity contribution in [2.75, 3.05) is 32.8 Å². The third kappa shape index (κ3) is 6.64. The third-order valence-electron chi connectivity index (χ3n) is 3.27. The maximum Gasteiger partial charge on any atom is 0.303 e. The summed E-state index contributed by atoms with van der Waals surface area (Å²) in [7, 11) is 0. The Bertz CT molecular complexity index is 221. The predicted molar refractivity (Wildman–Crippen MR) is 67.1 cm³/mol. The number of nitrogens with zero attached hydrogens (tertiary/aromatic N) is 1. The molecule has 17 heavy (non-hydrogen) atoms. The van der Waals surface area contributed by atoms with Crippen LogP contribution in [0.2, 0.25) is 0 Å². The lowest BCUT2D eigenvalue weighted by Gasteiger charge is -2.32. The highest BCUT2D eigenvalue weighted by Crippen LogP contribution is 2.20. The first-order valence-electron chi connectivity index (χ1n) is 6.74. The Kier molecular flexibility index (Phi) is 7.21. The molecule has 1 heterocycles. The number of likely N-dealkylation sites (tertiary alicyclic amines) is 1. The van der Waals surface area contributed by atoms with E-state index < -0.39 is 5.97 Å². The van der Waals surface area contributed by atoms with E-state index in [9.17, 15) is 4.79 Å². The Balaban J connectivity index is 2.12. The Morgan fingerprint density at radius 3 is 3.00 bits per heavy atom. The average molecular weight is 243 g/mol. The molecule has 0 spiro atoms. The molecule has 1 aliphatic heterocycles. The van der Waals surface area contributed by atoms with Gasteiger partial charge in [0.05, 0.1) is 6.61 Å². The molecule has 1 unspecified atom stereocenters. The normalized spacial score (nSPS) is 21.6. The Morgan fingerprint density at radius 2 is 2.29 bits per heavy atom. The molecule has 0 amide bonds. The first kappa shape index (κ1) is 14.5. The fraction of sp³-hybridized carbons (Fsp3) is 0.923. The van der Waals surface area contributed by atoms with Gasteiger partial charge in [0, 0.05) is 26.1 Å². The number of carbonyl (C=O) groups is 1. The first-order valence-corrected chi connectivity index (χ1v) is 6.74.